The molecule has 8 rings (SSSR count). The maximum Gasteiger partial charge on any atom is 0.347 e. The van der Waals surface area contributed by atoms with E-state index in [1.807, 2.05) is 42.5 Å². The summed E-state index contributed by atoms with van der Waals surface area (Å²) in [7, 11) is 1.54. The number of amides is 1. The van der Waals surface area contributed by atoms with Gasteiger partial charge in [-0.05, 0) is 90.0 Å². The van der Waals surface area contributed by atoms with E-state index in [1.165, 1.54) is 24.8 Å². The Morgan fingerprint density at radius 3 is 2.40 bits per heavy atom. The number of ether oxygens (including phenoxy) is 2. The Morgan fingerprint density at radius 1 is 0.889 bits per heavy atom. The van der Waals surface area contributed by atoms with Crippen LogP contribution in [-0.4, -0.2) is 88.4 Å². The molecule has 12 heteroatoms. The van der Waals surface area contributed by atoms with E-state index in [1.54, 1.807) is 59.5 Å². The number of carbonyl (C=O) groups is 2. The molecule has 5 N–H and O–H groups in total. The summed E-state index contributed by atoms with van der Waals surface area (Å²) in [5.74, 6) is -0.276. The largest absolute Gasteiger partial charge is 0.506 e. The third-order valence-electron chi connectivity index (χ3n) is 12.2. The van der Waals surface area contributed by atoms with E-state index >= 15 is 0 Å². The summed E-state index contributed by atoms with van der Waals surface area (Å²) in [5.41, 5.74) is 3.39. The van der Waals surface area contributed by atoms with Gasteiger partial charge in [0.2, 0.25) is 11.2 Å². The molecule has 1 aromatic heterocycles. The van der Waals surface area contributed by atoms with Gasteiger partial charge in [-0.2, -0.15) is 0 Å². The van der Waals surface area contributed by atoms with Crippen molar-refractivity contribution < 1.29 is 34.4 Å². The summed E-state index contributed by atoms with van der Waals surface area (Å²) in [6.45, 7) is 4.14. The molecule has 2 aliphatic rings. The Balaban J connectivity index is 0.892. The number of hydrogen-bond donors (Lipinski definition) is 5. The zero-order valence-corrected chi connectivity index (χ0v) is 35.2. The molecule has 324 valence electrons. The van der Waals surface area contributed by atoms with Gasteiger partial charge in [0.25, 0.3) is 5.91 Å². The van der Waals surface area contributed by atoms with E-state index in [9.17, 15) is 29.7 Å². The first kappa shape index (κ1) is 43.1. The van der Waals surface area contributed by atoms with Crippen molar-refractivity contribution in [1.29, 1.82) is 0 Å². The van der Waals surface area contributed by atoms with Crippen LogP contribution in [0.5, 0.6) is 11.5 Å². The zero-order valence-electron chi connectivity index (χ0n) is 35.2. The number of fused-ring (bicyclic) bond motifs is 1. The first-order valence-electron chi connectivity index (χ1n) is 21.3. The maximum atomic E-state index is 14.0. The number of piperidine rings is 1. The molecule has 1 fully saturated rings. The lowest BCUT2D eigenvalue weighted by atomic mass is 9.85. The number of esters is 1. The van der Waals surface area contributed by atoms with E-state index < -0.39 is 17.7 Å². The van der Waals surface area contributed by atoms with Gasteiger partial charge in [-0.3, -0.25) is 14.5 Å². The number of aliphatic hydroxyl groups excluding tert-OH is 1. The lowest BCUT2D eigenvalue weighted by Gasteiger charge is -2.33. The quantitative estimate of drug-likeness (QED) is 0.0742. The number of nitrogens with zero attached hydrogens (tertiary/aromatic N) is 2. The van der Waals surface area contributed by atoms with E-state index in [2.05, 4.69) is 39.5 Å². The van der Waals surface area contributed by atoms with Gasteiger partial charge < -0.3 is 40.0 Å². The first-order valence-corrected chi connectivity index (χ1v) is 21.3. The van der Waals surface area contributed by atoms with Crippen LogP contribution < -0.4 is 15.6 Å². The van der Waals surface area contributed by atoms with Gasteiger partial charge in [0.05, 0.1) is 25.3 Å². The molecule has 63 heavy (non-hydrogen) atoms. The fourth-order valence-electron chi connectivity index (χ4n) is 8.60. The van der Waals surface area contributed by atoms with Crippen LogP contribution in [0.1, 0.15) is 62.7 Å². The van der Waals surface area contributed by atoms with Crippen molar-refractivity contribution in [1.82, 2.24) is 20.1 Å². The van der Waals surface area contributed by atoms with Crippen LogP contribution in [0.3, 0.4) is 0 Å². The number of H-pyrrole nitrogens is 1. The van der Waals surface area contributed by atoms with Crippen molar-refractivity contribution in [3.8, 4) is 11.5 Å². The first-order chi connectivity index (χ1) is 30.6. The number of pyridine rings is 1. The second kappa shape index (κ2) is 19.2. The minimum Gasteiger partial charge on any atom is -0.506 e. The molecule has 0 saturated carbocycles. The average molecular weight is 849 g/mol. The third-order valence-corrected chi connectivity index (χ3v) is 12.2. The minimum absolute atomic E-state index is 0.0797. The third kappa shape index (κ3) is 9.59. The highest BCUT2D eigenvalue weighted by atomic mass is 16.5. The number of nitrogens with one attached hydrogen (secondary N) is 2. The van der Waals surface area contributed by atoms with Crippen molar-refractivity contribution in [2.45, 2.75) is 37.6 Å². The van der Waals surface area contributed by atoms with E-state index in [4.69, 9.17) is 9.47 Å². The zero-order chi connectivity index (χ0) is 43.9. The van der Waals surface area contributed by atoms with Crippen molar-refractivity contribution in [3.63, 3.8) is 0 Å². The number of phenolic OH excluding ortho intramolecular Hbond substituents is 1. The number of methoxy groups -OCH3 is 1. The number of aromatic hydroxyl groups is 1. The molecule has 1 saturated heterocycles. The molecule has 0 radical (unpaired) electrons. The summed E-state index contributed by atoms with van der Waals surface area (Å²) in [6, 6.07) is 37.8. The van der Waals surface area contributed by atoms with Crippen molar-refractivity contribution in [2.24, 2.45) is 5.92 Å². The average Bonchev–Trinajstić information content (AvgIpc) is 3.82. The van der Waals surface area contributed by atoms with Crippen LogP contribution in [-0.2, 0) is 28.2 Å². The van der Waals surface area contributed by atoms with Crippen molar-refractivity contribution in [2.75, 3.05) is 46.4 Å². The molecule has 0 spiro atoms. The fraction of sp³-hybridized carbons (Fsp3) is 0.275. The lowest BCUT2D eigenvalue weighted by molar-refractivity contribution is -0.164. The molecule has 3 heterocycles. The number of hydrogen-bond acceptors (Lipinski definition) is 10. The highest BCUT2D eigenvalue weighted by Gasteiger charge is 2.42. The van der Waals surface area contributed by atoms with Gasteiger partial charge >= 0.3 is 5.97 Å². The number of phenols is 1. The number of aliphatic hydroxyl groups is 2. The highest BCUT2D eigenvalue weighted by molar-refractivity contribution is 5.97. The van der Waals surface area contributed by atoms with Crippen LogP contribution in [0.15, 0.2) is 138 Å². The van der Waals surface area contributed by atoms with Crippen molar-refractivity contribution >= 4 is 28.4 Å². The fourth-order valence-corrected chi connectivity index (χ4v) is 8.60. The predicted molar refractivity (Wildman–Crippen MR) is 241 cm³/mol. The Labute approximate surface area is 366 Å². The number of likely N-dealkylation sites (tertiary alicyclic amines) is 1. The second-order valence-electron chi connectivity index (χ2n) is 16.3. The summed E-state index contributed by atoms with van der Waals surface area (Å²) in [5, 5.41) is 37.4. The highest BCUT2D eigenvalue weighted by Crippen LogP contribution is 2.35. The topological polar surface area (TPSA) is 165 Å². The van der Waals surface area contributed by atoms with Gasteiger partial charge in [0, 0.05) is 60.9 Å². The molecular weight excluding hydrogens is 797 g/mol. The van der Waals surface area contributed by atoms with Crippen LogP contribution in [0.2, 0.25) is 0 Å². The van der Waals surface area contributed by atoms with Crippen LogP contribution in [0.25, 0.3) is 16.5 Å². The molecule has 6 aromatic rings. The summed E-state index contributed by atoms with van der Waals surface area (Å²) >= 11 is 0. The number of benzene rings is 5. The van der Waals surface area contributed by atoms with Gasteiger partial charge in [0.1, 0.15) is 11.5 Å². The van der Waals surface area contributed by atoms with Gasteiger partial charge in [0.15, 0.2) is 0 Å². The van der Waals surface area contributed by atoms with E-state index in [-0.39, 0.29) is 41.8 Å². The molecule has 12 nitrogen and oxygen atoms in total. The molecule has 5 aromatic carbocycles. The molecule has 2 atom stereocenters. The standard InChI is InChI=1S/C51H52N4O8/c1-62-46-28-37(15-16-38(46)29-52-30-45(57)42-17-19-44(56)48-43(42)18-20-47(58)53-48)49(59)55-26-23-39(32-55)36-11-8-14-41(27-36)51(61,40-12-6-3-7-13-40)50(60)63-33-35-21-24-54(25-22-35)31-34-9-4-2-5-10-34/h2-20,23,27-28,35,45,52,56-57,61H,21-22,24-26,29-33H2,1H3,(H,53,58)/t45-,51-/m0/s1. The minimum atomic E-state index is -2.05. The maximum absolute atomic E-state index is 14.0. The molecule has 1 amide bonds. The molecule has 0 aliphatic carbocycles. The molecule has 0 bridgehead atoms. The predicted octanol–water partition coefficient (Wildman–Crippen LogP) is 6.30. The summed E-state index contributed by atoms with van der Waals surface area (Å²) < 4.78 is 11.6. The van der Waals surface area contributed by atoms with Gasteiger partial charge in [-0.1, -0.05) is 97.1 Å². The van der Waals surface area contributed by atoms with E-state index in [0.717, 1.165) is 49.2 Å². The van der Waals surface area contributed by atoms with E-state index in [0.29, 0.717) is 53.0 Å². The van der Waals surface area contributed by atoms with Crippen molar-refractivity contribution in [3.05, 3.63) is 183 Å². The number of aromatic amines is 1. The normalized spacial score (nSPS) is 16.0. The summed E-state index contributed by atoms with van der Waals surface area (Å²) in [4.78, 5) is 46.5. The van der Waals surface area contributed by atoms with Crippen LogP contribution in [0.4, 0.5) is 0 Å². The second-order valence-corrected chi connectivity index (χ2v) is 16.3. The SMILES string of the molecule is COc1cc(C(=O)N2CC=C(c3cccc([C@](O)(C(=O)OCC4CCN(Cc5ccccc5)CC4)c4ccccc4)c3)C2)ccc1CNC[C@H](O)c1ccc(O)c2[nH]c(=O)ccc12. The number of rotatable bonds is 15. The Bertz CT molecular complexity index is 2660. The lowest BCUT2D eigenvalue weighted by Crippen LogP contribution is -2.40. The Kier molecular flexibility index (Phi) is 13.1. The molecule has 0 unspecified atom stereocenters. The Morgan fingerprint density at radius 2 is 1.63 bits per heavy atom. The summed E-state index contributed by atoms with van der Waals surface area (Å²) in [6.07, 6.45) is 2.84. The molecule has 2 aliphatic heterocycles. The van der Waals surface area contributed by atoms with Gasteiger partial charge in [-0.25, -0.2) is 4.79 Å². The smallest absolute Gasteiger partial charge is 0.347 e. The molecular formula is C51H52N4O8. The van der Waals surface area contributed by atoms with Crippen LogP contribution >= 0.6 is 0 Å². The number of carbonyl (C=O) groups excluding carboxylic acids is 2. The Hall–Kier alpha value is -6.57. The van der Waals surface area contributed by atoms with Gasteiger partial charge in [-0.15, -0.1) is 0 Å². The monoisotopic (exact) mass is 848 g/mol. The van der Waals surface area contributed by atoms with Crippen LogP contribution in [0, 0.1) is 5.92 Å². The number of aromatic nitrogens is 1.